The van der Waals surface area contributed by atoms with E-state index in [2.05, 4.69) is 11.8 Å². The summed E-state index contributed by atoms with van der Waals surface area (Å²) >= 11 is 0. The van der Waals surface area contributed by atoms with Crippen molar-refractivity contribution in [2.75, 3.05) is 32.8 Å². The highest BCUT2D eigenvalue weighted by Gasteiger charge is 2.24. The Morgan fingerprint density at radius 3 is 2.86 bits per heavy atom. The molecule has 1 aromatic carbocycles. The number of aliphatic hydroxyl groups excluding tert-OH is 1. The molecule has 1 aromatic rings. The third-order valence-electron chi connectivity index (χ3n) is 4.53. The Hall–Kier alpha value is -1.26. The van der Waals surface area contributed by atoms with Crippen molar-refractivity contribution in [1.29, 1.82) is 0 Å². The zero-order valence-corrected chi connectivity index (χ0v) is 12.8. The summed E-state index contributed by atoms with van der Waals surface area (Å²) in [5, 5.41) is 10.5. The van der Waals surface area contributed by atoms with E-state index in [9.17, 15) is 5.11 Å². The summed E-state index contributed by atoms with van der Waals surface area (Å²) in [4.78, 5) is 2.36. The maximum absolute atomic E-state index is 10.5. The van der Waals surface area contributed by atoms with Crippen LogP contribution in [0, 0.1) is 5.92 Å². The molecule has 4 heteroatoms. The molecule has 116 valence electrons. The lowest BCUT2D eigenvalue weighted by Crippen LogP contribution is -2.26. The highest BCUT2D eigenvalue weighted by atomic mass is 16.5. The fourth-order valence-corrected chi connectivity index (χ4v) is 3.15. The minimum atomic E-state index is -0.460. The molecule has 2 aliphatic rings. The average Bonchev–Trinajstić information content (AvgIpc) is 2.82. The van der Waals surface area contributed by atoms with E-state index in [-0.39, 0.29) is 0 Å². The van der Waals surface area contributed by atoms with Crippen LogP contribution in [0.15, 0.2) is 18.2 Å². The van der Waals surface area contributed by atoms with Gasteiger partial charge in [-0.15, -0.1) is 0 Å². The Balaban J connectivity index is 1.64. The molecule has 0 aliphatic carbocycles. The van der Waals surface area contributed by atoms with Gasteiger partial charge in [-0.3, -0.25) is 0 Å². The van der Waals surface area contributed by atoms with Gasteiger partial charge in [0.05, 0.1) is 19.3 Å². The smallest absolute Gasteiger partial charge is 0.161 e. The molecule has 2 unspecified atom stereocenters. The monoisotopic (exact) mass is 291 g/mol. The molecule has 0 aromatic heterocycles. The molecule has 0 spiro atoms. The van der Waals surface area contributed by atoms with Crippen LogP contribution in [0.4, 0.5) is 0 Å². The van der Waals surface area contributed by atoms with Crippen LogP contribution in [0.3, 0.4) is 0 Å². The van der Waals surface area contributed by atoms with E-state index in [1.807, 2.05) is 18.2 Å². The summed E-state index contributed by atoms with van der Waals surface area (Å²) in [5.74, 6) is 2.34. The predicted molar refractivity (Wildman–Crippen MR) is 81.8 cm³/mol. The largest absolute Gasteiger partial charge is 0.490 e. The van der Waals surface area contributed by atoms with Gasteiger partial charge < -0.3 is 19.5 Å². The number of nitrogens with zero attached hydrogens (tertiary/aromatic N) is 1. The number of β-amino-alcohol motifs (C(OH)–C–C–N with tert-alkyl or cyclic N) is 1. The van der Waals surface area contributed by atoms with E-state index in [4.69, 9.17) is 9.47 Å². The van der Waals surface area contributed by atoms with E-state index >= 15 is 0 Å². The molecular formula is C17H25NO3. The van der Waals surface area contributed by atoms with Crippen molar-refractivity contribution in [3.05, 3.63) is 23.8 Å². The molecular weight excluding hydrogens is 266 g/mol. The Labute approximate surface area is 126 Å². The Kier molecular flexibility index (Phi) is 4.66. The zero-order chi connectivity index (χ0) is 14.7. The summed E-state index contributed by atoms with van der Waals surface area (Å²) in [6.07, 6.45) is 2.93. The molecule has 1 N–H and O–H groups in total. The molecule has 0 bridgehead atoms. The highest BCUT2D eigenvalue weighted by Crippen LogP contribution is 2.33. The van der Waals surface area contributed by atoms with Crippen LogP contribution < -0.4 is 9.47 Å². The van der Waals surface area contributed by atoms with Crippen molar-refractivity contribution in [2.45, 2.75) is 32.3 Å². The fraction of sp³-hybridized carbons (Fsp3) is 0.647. The maximum Gasteiger partial charge on any atom is 0.161 e. The molecule has 0 amide bonds. The molecule has 2 aliphatic heterocycles. The zero-order valence-electron chi connectivity index (χ0n) is 12.8. The number of fused-ring (bicyclic) bond motifs is 1. The van der Waals surface area contributed by atoms with Crippen LogP contribution >= 0.6 is 0 Å². The van der Waals surface area contributed by atoms with E-state index in [0.29, 0.717) is 19.8 Å². The minimum Gasteiger partial charge on any atom is -0.490 e. The van der Waals surface area contributed by atoms with Gasteiger partial charge in [0.25, 0.3) is 0 Å². The van der Waals surface area contributed by atoms with Crippen LogP contribution in [0.5, 0.6) is 11.5 Å². The minimum absolute atomic E-state index is 0.460. The number of rotatable bonds is 4. The van der Waals surface area contributed by atoms with Crippen LogP contribution in [-0.2, 0) is 0 Å². The summed E-state index contributed by atoms with van der Waals surface area (Å²) in [6, 6.07) is 5.79. The lowest BCUT2D eigenvalue weighted by atomic mass is 10.1. The van der Waals surface area contributed by atoms with E-state index in [1.54, 1.807) is 0 Å². The van der Waals surface area contributed by atoms with Crippen LogP contribution in [0.1, 0.15) is 37.9 Å². The van der Waals surface area contributed by atoms with Gasteiger partial charge in [0.2, 0.25) is 0 Å². The summed E-state index contributed by atoms with van der Waals surface area (Å²) in [6.45, 7) is 6.53. The first-order valence-corrected chi connectivity index (χ1v) is 8.06. The number of benzene rings is 1. The molecule has 2 atom stereocenters. The lowest BCUT2D eigenvalue weighted by molar-refractivity contribution is 0.123. The average molecular weight is 291 g/mol. The van der Waals surface area contributed by atoms with Crippen LogP contribution in [-0.4, -0.2) is 42.9 Å². The molecule has 21 heavy (non-hydrogen) atoms. The van der Waals surface area contributed by atoms with Gasteiger partial charge in [-0.1, -0.05) is 19.4 Å². The maximum atomic E-state index is 10.5. The number of ether oxygens (including phenoxy) is 2. The van der Waals surface area contributed by atoms with Gasteiger partial charge in [-0.05, 0) is 36.6 Å². The van der Waals surface area contributed by atoms with E-state index in [0.717, 1.165) is 42.5 Å². The molecule has 2 heterocycles. The molecule has 0 saturated carbocycles. The SMILES string of the molecule is CCC1CCN(CC(O)c2ccc3c(c2)OCCCO3)C1. The Bertz CT molecular complexity index is 477. The van der Waals surface area contributed by atoms with Crippen molar-refractivity contribution in [1.82, 2.24) is 4.90 Å². The lowest BCUT2D eigenvalue weighted by Gasteiger charge is -2.21. The molecule has 1 saturated heterocycles. The van der Waals surface area contributed by atoms with Gasteiger partial charge >= 0.3 is 0 Å². The normalized spacial score (nSPS) is 23.8. The first-order chi connectivity index (χ1) is 10.3. The van der Waals surface area contributed by atoms with Crippen molar-refractivity contribution in [3.63, 3.8) is 0 Å². The standard InChI is InChI=1S/C17H25NO3/c1-2-13-6-7-18(11-13)12-15(19)14-4-5-16-17(10-14)21-9-3-8-20-16/h4-5,10,13,15,19H,2-3,6-9,11-12H2,1H3. The summed E-state index contributed by atoms with van der Waals surface area (Å²) in [5.41, 5.74) is 0.916. The number of aliphatic hydroxyl groups is 1. The second-order valence-electron chi connectivity index (χ2n) is 6.09. The molecule has 1 fully saturated rings. The summed E-state index contributed by atoms with van der Waals surface area (Å²) < 4.78 is 11.3. The van der Waals surface area contributed by atoms with Crippen LogP contribution in [0.25, 0.3) is 0 Å². The third kappa shape index (κ3) is 3.50. The predicted octanol–water partition coefficient (Wildman–Crippen LogP) is 2.61. The van der Waals surface area contributed by atoms with Gasteiger partial charge in [-0.2, -0.15) is 0 Å². The Morgan fingerprint density at radius 2 is 2.10 bits per heavy atom. The van der Waals surface area contributed by atoms with E-state index in [1.165, 1.54) is 12.8 Å². The molecule has 0 radical (unpaired) electrons. The van der Waals surface area contributed by atoms with Crippen LogP contribution in [0.2, 0.25) is 0 Å². The summed E-state index contributed by atoms with van der Waals surface area (Å²) in [7, 11) is 0. The van der Waals surface area contributed by atoms with Gasteiger partial charge in [0.15, 0.2) is 11.5 Å². The van der Waals surface area contributed by atoms with Gasteiger partial charge in [0.1, 0.15) is 0 Å². The van der Waals surface area contributed by atoms with Crippen molar-refractivity contribution >= 4 is 0 Å². The first kappa shape index (κ1) is 14.7. The highest BCUT2D eigenvalue weighted by molar-refractivity contribution is 5.44. The molecule has 3 rings (SSSR count). The number of likely N-dealkylation sites (tertiary alicyclic amines) is 1. The third-order valence-corrected chi connectivity index (χ3v) is 4.53. The Morgan fingerprint density at radius 1 is 1.29 bits per heavy atom. The topological polar surface area (TPSA) is 41.9 Å². The number of hydrogen-bond acceptors (Lipinski definition) is 4. The van der Waals surface area contributed by atoms with E-state index < -0.39 is 6.10 Å². The van der Waals surface area contributed by atoms with Gasteiger partial charge in [-0.25, -0.2) is 0 Å². The number of hydrogen-bond donors (Lipinski definition) is 1. The van der Waals surface area contributed by atoms with Gasteiger partial charge in [0, 0.05) is 19.5 Å². The van der Waals surface area contributed by atoms with Crippen molar-refractivity contribution in [2.24, 2.45) is 5.92 Å². The second-order valence-corrected chi connectivity index (χ2v) is 6.09. The molecule has 4 nitrogen and oxygen atoms in total. The fourth-order valence-electron chi connectivity index (χ4n) is 3.15. The second kappa shape index (κ2) is 6.67. The quantitative estimate of drug-likeness (QED) is 0.926. The first-order valence-electron chi connectivity index (χ1n) is 8.06. The van der Waals surface area contributed by atoms with Crippen molar-refractivity contribution in [3.8, 4) is 11.5 Å². The van der Waals surface area contributed by atoms with Crippen molar-refractivity contribution < 1.29 is 14.6 Å².